The maximum absolute atomic E-state index is 10.9. The van der Waals surface area contributed by atoms with Gasteiger partial charge < -0.3 is 15.7 Å². The Bertz CT molecular complexity index is 189. The molecule has 1 aliphatic carbocycles. The molecule has 0 bridgehead atoms. The van der Waals surface area contributed by atoms with Gasteiger partial charge in [-0.3, -0.25) is 4.79 Å². The van der Waals surface area contributed by atoms with Crippen LogP contribution in [-0.2, 0) is 4.79 Å². The quantitative estimate of drug-likeness (QED) is 0.548. The largest absolute Gasteiger partial charge is 0.389 e. The number of rotatable bonds is 5. The van der Waals surface area contributed by atoms with Gasteiger partial charge in [0.25, 0.3) is 0 Å². The summed E-state index contributed by atoms with van der Waals surface area (Å²) in [4.78, 5) is 10.9. The molecule has 4 nitrogen and oxygen atoms in total. The Hall–Kier alpha value is -0.610. The van der Waals surface area contributed by atoms with Crippen LogP contribution in [0.4, 0.5) is 0 Å². The van der Waals surface area contributed by atoms with Crippen molar-refractivity contribution in [1.29, 1.82) is 0 Å². The molecule has 4 heteroatoms. The highest BCUT2D eigenvalue weighted by molar-refractivity contribution is 5.75. The summed E-state index contributed by atoms with van der Waals surface area (Å²) >= 11 is 0. The molecule has 0 aliphatic heterocycles. The molecule has 0 aromatic heterocycles. The first kappa shape index (κ1) is 11.5. The van der Waals surface area contributed by atoms with Crippen LogP contribution in [-0.4, -0.2) is 36.8 Å². The van der Waals surface area contributed by atoms with Crippen molar-refractivity contribution in [3.05, 3.63) is 0 Å². The summed E-state index contributed by atoms with van der Waals surface area (Å²) in [5, 5.41) is 15.6. The van der Waals surface area contributed by atoms with E-state index in [1.807, 2.05) is 0 Å². The smallest absolute Gasteiger partial charge is 0.221 e. The van der Waals surface area contributed by atoms with Gasteiger partial charge in [-0.1, -0.05) is 12.8 Å². The van der Waals surface area contributed by atoms with Crippen LogP contribution in [0.2, 0.25) is 0 Å². The maximum atomic E-state index is 10.9. The summed E-state index contributed by atoms with van der Waals surface area (Å²) < 4.78 is 0. The Morgan fingerprint density at radius 1 is 1.43 bits per heavy atom. The molecule has 0 heterocycles. The van der Waals surface area contributed by atoms with Crippen LogP contribution in [0.3, 0.4) is 0 Å². The first-order valence-corrected chi connectivity index (χ1v) is 5.30. The van der Waals surface area contributed by atoms with Crippen LogP contribution in [0.1, 0.15) is 32.1 Å². The molecule has 1 amide bonds. The van der Waals surface area contributed by atoms with Gasteiger partial charge in [-0.25, -0.2) is 0 Å². The summed E-state index contributed by atoms with van der Waals surface area (Å²) in [6.07, 6.45) is 4.49. The highest BCUT2D eigenvalue weighted by atomic mass is 16.3. The van der Waals surface area contributed by atoms with E-state index < -0.39 is 5.60 Å². The van der Waals surface area contributed by atoms with Gasteiger partial charge in [-0.15, -0.1) is 0 Å². The van der Waals surface area contributed by atoms with E-state index in [0.717, 1.165) is 25.7 Å². The summed E-state index contributed by atoms with van der Waals surface area (Å²) in [6, 6.07) is 0. The van der Waals surface area contributed by atoms with E-state index in [1.54, 1.807) is 7.05 Å². The number of carbonyl (C=O) groups excluding carboxylic acids is 1. The molecule has 14 heavy (non-hydrogen) atoms. The molecule has 0 saturated heterocycles. The number of amides is 1. The average molecular weight is 200 g/mol. The molecule has 0 aromatic carbocycles. The minimum absolute atomic E-state index is 0.0379. The SMILES string of the molecule is CNC(=O)CCNCC1(O)CCCC1. The number of aliphatic hydroxyl groups is 1. The first-order valence-electron chi connectivity index (χ1n) is 5.30. The molecule has 3 N–H and O–H groups in total. The van der Waals surface area contributed by atoms with E-state index in [1.165, 1.54) is 0 Å². The average Bonchev–Trinajstić information content (AvgIpc) is 2.60. The van der Waals surface area contributed by atoms with Gasteiger partial charge in [-0.2, -0.15) is 0 Å². The van der Waals surface area contributed by atoms with Crippen LogP contribution in [0.15, 0.2) is 0 Å². The zero-order valence-corrected chi connectivity index (χ0v) is 8.81. The standard InChI is InChI=1S/C10H20N2O2/c1-11-9(13)4-7-12-8-10(14)5-2-3-6-10/h12,14H,2-8H2,1H3,(H,11,13). The molecule has 82 valence electrons. The fourth-order valence-corrected chi connectivity index (χ4v) is 1.86. The predicted octanol–water partition coefficient (Wildman–Crippen LogP) is 0.0172. The van der Waals surface area contributed by atoms with Gasteiger partial charge in [0.2, 0.25) is 5.91 Å². The molecular weight excluding hydrogens is 180 g/mol. The predicted molar refractivity (Wildman–Crippen MR) is 55.0 cm³/mol. The minimum atomic E-state index is -0.511. The van der Waals surface area contributed by atoms with E-state index in [2.05, 4.69) is 10.6 Å². The fraction of sp³-hybridized carbons (Fsp3) is 0.900. The van der Waals surface area contributed by atoms with Crippen molar-refractivity contribution in [2.45, 2.75) is 37.7 Å². The third kappa shape index (κ3) is 3.64. The zero-order chi connectivity index (χ0) is 10.4. The van der Waals surface area contributed by atoms with Crippen LogP contribution in [0.5, 0.6) is 0 Å². The Labute approximate surface area is 85.1 Å². The topological polar surface area (TPSA) is 61.4 Å². The highest BCUT2D eigenvalue weighted by Gasteiger charge is 2.30. The van der Waals surface area contributed by atoms with E-state index in [0.29, 0.717) is 19.5 Å². The van der Waals surface area contributed by atoms with E-state index in [-0.39, 0.29) is 5.91 Å². The monoisotopic (exact) mass is 200 g/mol. The zero-order valence-electron chi connectivity index (χ0n) is 8.81. The van der Waals surface area contributed by atoms with E-state index in [9.17, 15) is 9.90 Å². The Kier molecular flexibility index (Phi) is 4.35. The molecule has 1 aliphatic rings. The van der Waals surface area contributed by atoms with Gasteiger partial charge in [0.1, 0.15) is 0 Å². The van der Waals surface area contributed by atoms with E-state index >= 15 is 0 Å². The normalized spacial score (nSPS) is 19.6. The molecule has 0 aromatic rings. The number of hydrogen-bond donors (Lipinski definition) is 3. The summed E-state index contributed by atoms with van der Waals surface area (Å²) in [5.41, 5.74) is -0.511. The Morgan fingerprint density at radius 3 is 2.64 bits per heavy atom. The van der Waals surface area contributed by atoms with Gasteiger partial charge in [0.05, 0.1) is 5.60 Å². The van der Waals surface area contributed by atoms with Crippen molar-refractivity contribution in [3.63, 3.8) is 0 Å². The lowest BCUT2D eigenvalue weighted by Gasteiger charge is -2.22. The minimum Gasteiger partial charge on any atom is -0.389 e. The van der Waals surface area contributed by atoms with Crippen molar-refractivity contribution < 1.29 is 9.90 Å². The molecule has 0 unspecified atom stereocenters. The Morgan fingerprint density at radius 2 is 2.07 bits per heavy atom. The number of hydrogen-bond acceptors (Lipinski definition) is 3. The second kappa shape index (κ2) is 5.32. The van der Waals surface area contributed by atoms with Crippen molar-refractivity contribution in [1.82, 2.24) is 10.6 Å². The molecule has 1 saturated carbocycles. The van der Waals surface area contributed by atoms with Crippen LogP contribution < -0.4 is 10.6 Å². The van der Waals surface area contributed by atoms with Crippen molar-refractivity contribution in [3.8, 4) is 0 Å². The van der Waals surface area contributed by atoms with Gasteiger partial charge in [0, 0.05) is 26.6 Å². The number of nitrogens with one attached hydrogen (secondary N) is 2. The van der Waals surface area contributed by atoms with Crippen molar-refractivity contribution in [2.75, 3.05) is 20.1 Å². The molecule has 1 fully saturated rings. The van der Waals surface area contributed by atoms with E-state index in [4.69, 9.17) is 0 Å². The number of carbonyl (C=O) groups is 1. The lowest BCUT2D eigenvalue weighted by molar-refractivity contribution is -0.120. The second-order valence-electron chi connectivity index (χ2n) is 4.03. The van der Waals surface area contributed by atoms with Gasteiger partial charge >= 0.3 is 0 Å². The van der Waals surface area contributed by atoms with Crippen molar-refractivity contribution in [2.24, 2.45) is 0 Å². The third-order valence-electron chi connectivity index (χ3n) is 2.80. The second-order valence-corrected chi connectivity index (χ2v) is 4.03. The lowest BCUT2D eigenvalue weighted by atomic mass is 10.0. The molecule has 0 atom stereocenters. The van der Waals surface area contributed by atoms with Gasteiger partial charge in [-0.05, 0) is 12.8 Å². The molecule has 1 rings (SSSR count). The van der Waals surface area contributed by atoms with Crippen LogP contribution >= 0.6 is 0 Å². The lowest BCUT2D eigenvalue weighted by Crippen LogP contribution is -2.39. The first-order chi connectivity index (χ1) is 6.66. The summed E-state index contributed by atoms with van der Waals surface area (Å²) in [5.74, 6) is 0.0379. The fourth-order valence-electron chi connectivity index (χ4n) is 1.86. The van der Waals surface area contributed by atoms with Gasteiger partial charge in [0.15, 0.2) is 0 Å². The third-order valence-corrected chi connectivity index (χ3v) is 2.80. The summed E-state index contributed by atoms with van der Waals surface area (Å²) in [7, 11) is 1.63. The van der Waals surface area contributed by atoms with Crippen LogP contribution in [0, 0.1) is 0 Å². The molecular formula is C10H20N2O2. The molecule has 0 spiro atoms. The van der Waals surface area contributed by atoms with Crippen LogP contribution in [0.25, 0.3) is 0 Å². The summed E-state index contributed by atoms with van der Waals surface area (Å²) in [6.45, 7) is 1.26. The maximum Gasteiger partial charge on any atom is 0.221 e. The highest BCUT2D eigenvalue weighted by Crippen LogP contribution is 2.28. The Balaban J connectivity index is 2.06. The van der Waals surface area contributed by atoms with Crippen molar-refractivity contribution >= 4 is 5.91 Å². The molecule has 0 radical (unpaired) electrons.